The molecule has 0 aromatic carbocycles. The monoisotopic (exact) mass is 342 g/mol. The summed E-state index contributed by atoms with van der Waals surface area (Å²) in [6, 6.07) is 0. The minimum absolute atomic E-state index is 0.00717. The van der Waals surface area contributed by atoms with Gasteiger partial charge in [-0.15, -0.1) is 0 Å². The number of hydrogen-bond acceptors (Lipinski definition) is 5. The van der Waals surface area contributed by atoms with Gasteiger partial charge in [-0.25, -0.2) is 14.4 Å². The van der Waals surface area contributed by atoms with Crippen molar-refractivity contribution >= 4 is 40.1 Å². The van der Waals surface area contributed by atoms with Crippen LogP contribution in [0, 0.1) is 5.82 Å². The molecule has 0 aliphatic heterocycles. The van der Waals surface area contributed by atoms with Crippen molar-refractivity contribution in [3.63, 3.8) is 0 Å². The van der Waals surface area contributed by atoms with E-state index in [2.05, 4.69) is 9.97 Å². The average Bonchev–Trinajstić information content (AvgIpc) is 2.40. The lowest BCUT2D eigenvalue weighted by Crippen LogP contribution is -2.23. The average molecular weight is 343 g/mol. The molecular formula is C10H7ClF4N4OS. The summed E-state index contributed by atoms with van der Waals surface area (Å²) in [6.07, 6.45) is -2.96. The molecule has 0 fully saturated rings. The Bertz CT molecular complexity index is 748. The van der Waals surface area contributed by atoms with Gasteiger partial charge in [-0.3, -0.25) is 4.79 Å². The zero-order chi connectivity index (χ0) is 15.8. The van der Waals surface area contributed by atoms with E-state index >= 15 is 0 Å². The summed E-state index contributed by atoms with van der Waals surface area (Å²) in [4.78, 5) is 21.3. The van der Waals surface area contributed by atoms with Gasteiger partial charge < -0.3 is 10.3 Å². The molecule has 0 atom stereocenters. The molecule has 0 saturated carbocycles. The molecule has 11 heteroatoms. The molecule has 0 amide bonds. The van der Waals surface area contributed by atoms with Gasteiger partial charge in [0.1, 0.15) is 28.4 Å². The van der Waals surface area contributed by atoms with E-state index in [9.17, 15) is 22.4 Å². The van der Waals surface area contributed by atoms with Crippen molar-refractivity contribution < 1.29 is 17.6 Å². The first-order valence-electron chi connectivity index (χ1n) is 5.36. The third-order valence-corrected chi connectivity index (χ3v) is 3.19. The molecule has 0 radical (unpaired) electrons. The molecule has 0 spiro atoms. The Labute approximate surface area is 124 Å². The van der Waals surface area contributed by atoms with E-state index in [1.807, 2.05) is 10.3 Å². The van der Waals surface area contributed by atoms with Crippen molar-refractivity contribution in [3.8, 4) is 0 Å². The van der Waals surface area contributed by atoms with Crippen molar-refractivity contribution in [1.29, 1.82) is 0 Å². The third kappa shape index (κ3) is 3.38. The molecule has 0 saturated heterocycles. The Morgan fingerprint density at radius 3 is 2.62 bits per heavy atom. The number of aromatic amines is 1. The predicted molar refractivity (Wildman–Crippen MR) is 71.5 cm³/mol. The summed E-state index contributed by atoms with van der Waals surface area (Å²) < 4.78 is 50.7. The van der Waals surface area contributed by atoms with E-state index < -0.39 is 46.0 Å². The Balaban J connectivity index is 2.68. The third-order valence-electron chi connectivity index (χ3n) is 2.38. The van der Waals surface area contributed by atoms with E-state index in [0.29, 0.717) is 0 Å². The minimum Gasteiger partial charge on any atom is -0.360 e. The molecule has 2 rings (SSSR count). The molecule has 2 aromatic heterocycles. The Morgan fingerprint density at radius 2 is 2.05 bits per heavy atom. The molecular weight excluding hydrogens is 336 g/mol. The highest BCUT2D eigenvalue weighted by Crippen LogP contribution is 2.26. The van der Waals surface area contributed by atoms with E-state index in [1.165, 1.54) is 0 Å². The van der Waals surface area contributed by atoms with Crippen LogP contribution in [-0.4, -0.2) is 33.9 Å². The van der Waals surface area contributed by atoms with Crippen molar-refractivity contribution in [2.24, 2.45) is 0 Å². The normalized spacial score (nSPS) is 11.9. The summed E-state index contributed by atoms with van der Waals surface area (Å²) in [7, 11) is 0. The van der Waals surface area contributed by atoms with Gasteiger partial charge in [-0.1, -0.05) is 23.4 Å². The lowest BCUT2D eigenvalue weighted by Gasteiger charge is -2.12. The number of H-pyrrole nitrogens is 1. The van der Waals surface area contributed by atoms with Gasteiger partial charge >= 0.3 is 6.18 Å². The van der Waals surface area contributed by atoms with E-state index in [-0.39, 0.29) is 5.16 Å². The number of alkyl halides is 3. The Hall–Kier alpha value is -1.55. The van der Waals surface area contributed by atoms with Gasteiger partial charge in [-0.05, 0) is 6.26 Å². The number of thioether (sulfide) groups is 1. The molecule has 2 N–H and O–H groups in total. The topological polar surface area (TPSA) is 70.7 Å². The maximum Gasteiger partial charge on any atom is 0.405 e. The number of fused-ring (bicyclic) bond motifs is 1. The number of hydrogen-bond donors (Lipinski definition) is 2. The number of halogens is 5. The predicted octanol–water partition coefficient (Wildman–Crippen LogP) is 2.81. The van der Waals surface area contributed by atoms with Crippen molar-refractivity contribution in [2.75, 3.05) is 18.1 Å². The second kappa shape index (κ2) is 5.68. The van der Waals surface area contributed by atoms with Gasteiger partial charge in [-0.2, -0.15) is 13.2 Å². The van der Waals surface area contributed by atoms with Crippen LogP contribution in [0.25, 0.3) is 10.9 Å². The number of nitrogens with zero attached hydrogens (tertiary/aromatic N) is 2. The molecule has 0 aliphatic rings. The summed E-state index contributed by atoms with van der Waals surface area (Å²) in [6.45, 7) is -1.42. The second-order valence-electron chi connectivity index (χ2n) is 3.83. The SMILES string of the molecule is CSc1nc(NCC(F)(F)F)c2c(=O)[nH]c(Cl)c(F)c2n1. The zero-order valence-electron chi connectivity index (χ0n) is 10.3. The maximum atomic E-state index is 13.9. The highest BCUT2D eigenvalue weighted by atomic mass is 35.5. The number of pyridine rings is 1. The lowest BCUT2D eigenvalue weighted by atomic mass is 10.3. The first-order chi connectivity index (χ1) is 9.73. The molecule has 0 aliphatic carbocycles. The van der Waals surface area contributed by atoms with Crippen LogP contribution < -0.4 is 10.9 Å². The fourth-order valence-electron chi connectivity index (χ4n) is 1.54. The van der Waals surface area contributed by atoms with Crippen molar-refractivity contribution in [1.82, 2.24) is 15.0 Å². The first-order valence-corrected chi connectivity index (χ1v) is 6.97. The number of aromatic nitrogens is 3. The van der Waals surface area contributed by atoms with Crippen LogP contribution in [0.1, 0.15) is 0 Å². The maximum absolute atomic E-state index is 13.9. The van der Waals surface area contributed by atoms with Crippen molar-refractivity contribution in [3.05, 3.63) is 21.3 Å². The van der Waals surface area contributed by atoms with Crippen LogP contribution in [0.2, 0.25) is 5.15 Å². The number of nitrogens with one attached hydrogen (secondary N) is 2. The first kappa shape index (κ1) is 15.8. The fourth-order valence-corrected chi connectivity index (χ4v) is 2.08. The van der Waals surface area contributed by atoms with Gasteiger partial charge in [0.25, 0.3) is 5.56 Å². The van der Waals surface area contributed by atoms with Gasteiger partial charge in [0.2, 0.25) is 0 Å². The number of anilines is 1. The summed E-state index contributed by atoms with van der Waals surface area (Å²) in [5.41, 5.74) is -1.32. The summed E-state index contributed by atoms with van der Waals surface area (Å²) in [5.74, 6) is -1.43. The Morgan fingerprint density at radius 1 is 1.38 bits per heavy atom. The van der Waals surface area contributed by atoms with Crippen LogP contribution >= 0.6 is 23.4 Å². The second-order valence-corrected chi connectivity index (χ2v) is 4.98. The largest absolute Gasteiger partial charge is 0.405 e. The lowest BCUT2D eigenvalue weighted by molar-refractivity contribution is -0.115. The molecule has 5 nitrogen and oxygen atoms in total. The fraction of sp³-hybridized carbons (Fsp3) is 0.300. The molecule has 2 heterocycles. The smallest absolute Gasteiger partial charge is 0.360 e. The van der Waals surface area contributed by atoms with Gasteiger partial charge in [0.15, 0.2) is 11.0 Å². The van der Waals surface area contributed by atoms with Crippen LogP contribution in [0.5, 0.6) is 0 Å². The van der Waals surface area contributed by atoms with Gasteiger partial charge in [0.05, 0.1) is 0 Å². The van der Waals surface area contributed by atoms with E-state index in [4.69, 9.17) is 11.6 Å². The molecule has 2 aromatic rings. The van der Waals surface area contributed by atoms with Crippen LogP contribution in [0.4, 0.5) is 23.4 Å². The molecule has 0 bridgehead atoms. The van der Waals surface area contributed by atoms with Gasteiger partial charge in [0, 0.05) is 0 Å². The van der Waals surface area contributed by atoms with Crippen LogP contribution in [0.15, 0.2) is 9.95 Å². The quantitative estimate of drug-likeness (QED) is 0.388. The number of rotatable bonds is 3. The summed E-state index contributed by atoms with van der Waals surface area (Å²) in [5, 5.41) is 0.991. The van der Waals surface area contributed by atoms with E-state index in [1.54, 1.807) is 6.26 Å². The molecule has 114 valence electrons. The minimum atomic E-state index is -4.52. The van der Waals surface area contributed by atoms with Crippen LogP contribution in [-0.2, 0) is 0 Å². The van der Waals surface area contributed by atoms with Crippen molar-refractivity contribution in [2.45, 2.75) is 11.3 Å². The Kier molecular flexibility index (Phi) is 4.28. The van der Waals surface area contributed by atoms with E-state index in [0.717, 1.165) is 11.8 Å². The highest BCUT2D eigenvalue weighted by Gasteiger charge is 2.28. The highest BCUT2D eigenvalue weighted by molar-refractivity contribution is 7.98. The molecule has 21 heavy (non-hydrogen) atoms. The summed E-state index contributed by atoms with van der Waals surface area (Å²) >= 11 is 6.48. The molecule has 0 unspecified atom stereocenters. The standard InChI is InChI=1S/C10H7ClF4N4OS/c1-21-9-17-5-3(8(20)18-6(11)4(5)12)7(19-9)16-2-10(13,14)15/h2H2,1H3,(H,18,20)(H,16,17,19). The van der Waals surface area contributed by atoms with Crippen LogP contribution in [0.3, 0.4) is 0 Å². The zero-order valence-corrected chi connectivity index (χ0v) is 11.9.